The van der Waals surface area contributed by atoms with Gasteiger partial charge in [0.05, 0.1) is 11.9 Å². The van der Waals surface area contributed by atoms with Crippen LogP contribution in [0.1, 0.15) is 5.56 Å². The molecule has 0 aromatic carbocycles. The van der Waals surface area contributed by atoms with Gasteiger partial charge >= 0.3 is 0 Å². The van der Waals surface area contributed by atoms with Crippen LogP contribution in [0.4, 0.5) is 5.82 Å². The number of nitrogens with zero attached hydrogens (tertiary/aromatic N) is 3. The van der Waals surface area contributed by atoms with Gasteiger partial charge in [0.15, 0.2) is 0 Å². The Morgan fingerprint density at radius 1 is 1.36 bits per heavy atom. The van der Waals surface area contributed by atoms with E-state index in [1.807, 2.05) is 20.2 Å². The fraction of sp³-hybridized carbons (Fsp3) is 0.222. The Hall–Kier alpha value is -1.91. The summed E-state index contributed by atoms with van der Waals surface area (Å²) in [5, 5.41) is 9.67. The average Bonchev–Trinajstić information content (AvgIpc) is 2.71. The van der Waals surface area contributed by atoms with Gasteiger partial charge in [0.25, 0.3) is 0 Å². The summed E-state index contributed by atoms with van der Waals surface area (Å²) in [6.45, 7) is 1.98. The summed E-state index contributed by atoms with van der Waals surface area (Å²) in [5.74, 6) is 0.844. The quantitative estimate of drug-likeness (QED) is 0.745. The van der Waals surface area contributed by atoms with Crippen molar-refractivity contribution in [2.75, 3.05) is 12.4 Å². The van der Waals surface area contributed by atoms with Gasteiger partial charge in [-0.3, -0.25) is 5.10 Å². The second-order valence-electron chi connectivity index (χ2n) is 2.93. The van der Waals surface area contributed by atoms with Crippen LogP contribution in [-0.2, 0) is 0 Å². The van der Waals surface area contributed by atoms with Gasteiger partial charge < -0.3 is 5.32 Å². The molecule has 5 heteroatoms. The highest BCUT2D eigenvalue weighted by atomic mass is 15.1. The smallest absolute Gasteiger partial charge is 0.132 e. The maximum absolute atomic E-state index is 4.22. The Labute approximate surface area is 81.6 Å². The summed E-state index contributed by atoms with van der Waals surface area (Å²) in [7, 11) is 1.84. The van der Waals surface area contributed by atoms with E-state index in [-0.39, 0.29) is 0 Å². The number of anilines is 1. The van der Waals surface area contributed by atoms with Crippen molar-refractivity contribution in [2.24, 2.45) is 0 Å². The topological polar surface area (TPSA) is 66.5 Å². The molecule has 2 heterocycles. The molecule has 0 radical (unpaired) electrons. The van der Waals surface area contributed by atoms with E-state index >= 15 is 0 Å². The number of hydrogen-bond donors (Lipinski definition) is 2. The van der Waals surface area contributed by atoms with Crippen LogP contribution < -0.4 is 5.32 Å². The van der Waals surface area contributed by atoms with Crippen molar-refractivity contribution in [1.29, 1.82) is 0 Å². The highest BCUT2D eigenvalue weighted by molar-refractivity contribution is 5.66. The van der Waals surface area contributed by atoms with E-state index in [0.717, 1.165) is 22.6 Å². The SMILES string of the molecule is CNc1ncnc(-c2cn[nH]c2)c1C. The molecular weight excluding hydrogens is 178 g/mol. The molecule has 0 aliphatic carbocycles. The molecule has 2 aromatic rings. The zero-order valence-corrected chi connectivity index (χ0v) is 8.07. The first kappa shape index (κ1) is 8.68. The molecule has 72 valence electrons. The Kier molecular flexibility index (Phi) is 2.14. The van der Waals surface area contributed by atoms with Crippen molar-refractivity contribution in [3.8, 4) is 11.3 Å². The predicted molar refractivity (Wildman–Crippen MR) is 53.9 cm³/mol. The second kappa shape index (κ2) is 3.45. The number of aromatic nitrogens is 4. The summed E-state index contributed by atoms with van der Waals surface area (Å²) in [6, 6.07) is 0. The maximum atomic E-state index is 4.22. The molecule has 2 N–H and O–H groups in total. The number of rotatable bonds is 2. The van der Waals surface area contributed by atoms with E-state index < -0.39 is 0 Å². The maximum Gasteiger partial charge on any atom is 0.132 e. The van der Waals surface area contributed by atoms with E-state index in [1.54, 1.807) is 12.5 Å². The Morgan fingerprint density at radius 2 is 2.21 bits per heavy atom. The summed E-state index contributed by atoms with van der Waals surface area (Å²) in [6.07, 6.45) is 5.10. The standard InChI is InChI=1S/C9H11N5/c1-6-8(7-3-13-14-4-7)11-5-12-9(6)10-2/h3-5H,1-2H3,(H,13,14)(H,10,11,12). The number of H-pyrrole nitrogens is 1. The van der Waals surface area contributed by atoms with Crippen LogP contribution >= 0.6 is 0 Å². The average molecular weight is 189 g/mol. The molecule has 2 rings (SSSR count). The third-order valence-corrected chi connectivity index (χ3v) is 2.09. The molecule has 14 heavy (non-hydrogen) atoms. The molecule has 0 unspecified atom stereocenters. The van der Waals surface area contributed by atoms with E-state index in [1.165, 1.54) is 0 Å². The van der Waals surface area contributed by atoms with Crippen molar-refractivity contribution >= 4 is 5.82 Å². The summed E-state index contributed by atoms with van der Waals surface area (Å²) < 4.78 is 0. The van der Waals surface area contributed by atoms with Crippen molar-refractivity contribution in [3.63, 3.8) is 0 Å². The van der Waals surface area contributed by atoms with Crippen LogP contribution in [0.5, 0.6) is 0 Å². The lowest BCUT2D eigenvalue weighted by Crippen LogP contribution is -1.98. The van der Waals surface area contributed by atoms with Crippen LogP contribution in [0.15, 0.2) is 18.7 Å². The molecular formula is C9H11N5. The fourth-order valence-electron chi connectivity index (χ4n) is 1.37. The van der Waals surface area contributed by atoms with Crippen LogP contribution in [0.25, 0.3) is 11.3 Å². The van der Waals surface area contributed by atoms with Crippen LogP contribution in [-0.4, -0.2) is 27.2 Å². The van der Waals surface area contributed by atoms with Gasteiger partial charge in [-0.05, 0) is 6.92 Å². The van der Waals surface area contributed by atoms with E-state index in [0.29, 0.717) is 0 Å². The van der Waals surface area contributed by atoms with E-state index in [2.05, 4.69) is 25.5 Å². The fourth-order valence-corrected chi connectivity index (χ4v) is 1.37. The first-order valence-corrected chi connectivity index (χ1v) is 4.31. The molecule has 0 aliphatic rings. The van der Waals surface area contributed by atoms with Gasteiger partial charge in [-0.15, -0.1) is 0 Å². The minimum atomic E-state index is 0.844. The van der Waals surface area contributed by atoms with E-state index in [4.69, 9.17) is 0 Å². The zero-order valence-electron chi connectivity index (χ0n) is 8.07. The minimum Gasteiger partial charge on any atom is -0.373 e. The lowest BCUT2D eigenvalue weighted by atomic mass is 10.1. The Bertz CT molecular complexity index is 421. The molecule has 5 nitrogen and oxygen atoms in total. The third-order valence-electron chi connectivity index (χ3n) is 2.09. The van der Waals surface area contributed by atoms with Gasteiger partial charge in [-0.2, -0.15) is 5.10 Å². The summed E-state index contributed by atoms with van der Waals surface area (Å²) >= 11 is 0. The lowest BCUT2D eigenvalue weighted by molar-refractivity contribution is 1.09. The Morgan fingerprint density at radius 3 is 2.86 bits per heavy atom. The molecule has 0 atom stereocenters. The predicted octanol–water partition coefficient (Wildman–Crippen LogP) is 1.22. The highest BCUT2D eigenvalue weighted by Crippen LogP contribution is 2.22. The first-order chi connectivity index (χ1) is 6.83. The molecule has 0 saturated carbocycles. The Balaban J connectivity index is 2.54. The van der Waals surface area contributed by atoms with Gasteiger partial charge in [-0.25, -0.2) is 9.97 Å². The van der Waals surface area contributed by atoms with Crippen LogP contribution in [0.3, 0.4) is 0 Å². The third kappa shape index (κ3) is 1.32. The monoisotopic (exact) mass is 189 g/mol. The number of aromatic amines is 1. The van der Waals surface area contributed by atoms with Gasteiger partial charge in [0.2, 0.25) is 0 Å². The zero-order chi connectivity index (χ0) is 9.97. The highest BCUT2D eigenvalue weighted by Gasteiger charge is 2.08. The molecule has 0 aliphatic heterocycles. The molecule has 0 spiro atoms. The van der Waals surface area contributed by atoms with Crippen molar-refractivity contribution in [3.05, 3.63) is 24.3 Å². The second-order valence-corrected chi connectivity index (χ2v) is 2.93. The van der Waals surface area contributed by atoms with Crippen molar-refractivity contribution in [1.82, 2.24) is 20.2 Å². The lowest BCUT2D eigenvalue weighted by Gasteiger charge is -2.06. The largest absolute Gasteiger partial charge is 0.373 e. The molecule has 0 amide bonds. The molecule has 2 aromatic heterocycles. The number of nitrogens with one attached hydrogen (secondary N) is 2. The van der Waals surface area contributed by atoms with Crippen LogP contribution in [0, 0.1) is 6.92 Å². The number of hydrogen-bond acceptors (Lipinski definition) is 4. The summed E-state index contributed by atoms with van der Waals surface area (Å²) in [4.78, 5) is 8.33. The van der Waals surface area contributed by atoms with E-state index in [9.17, 15) is 0 Å². The van der Waals surface area contributed by atoms with Gasteiger partial charge in [0, 0.05) is 24.4 Å². The minimum absolute atomic E-state index is 0.844. The van der Waals surface area contributed by atoms with Crippen molar-refractivity contribution in [2.45, 2.75) is 6.92 Å². The summed E-state index contributed by atoms with van der Waals surface area (Å²) in [5.41, 5.74) is 2.90. The first-order valence-electron chi connectivity index (χ1n) is 4.31. The molecule has 0 bridgehead atoms. The van der Waals surface area contributed by atoms with Gasteiger partial charge in [-0.1, -0.05) is 0 Å². The molecule has 0 saturated heterocycles. The van der Waals surface area contributed by atoms with Crippen molar-refractivity contribution < 1.29 is 0 Å². The van der Waals surface area contributed by atoms with Crippen LogP contribution in [0.2, 0.25) is 0 Å². The molecule has 0 fully saturated rings. The normalized spacial score (nSPS) is 10.1. The van der Waals surface area contributed by atoms with Gasteiger partial charge in [0.1, 0.15) is 12.1 Å².